The van der Waals surface area contributed by atoms with Gasteiger partial charge >= 0.3 is 0 Å². The van der Waals surface area contributed by atoms with Crippen molar-refractivity contribution in [3.05, 3.63) is 40.5 Å². The molecular weight excluding hydrogens is 348 g/mol. The molecule has 1 N–H and O–H groups in total. The molecule has 1 atom stereocenters. The highest BCUT2D eigenvalue weighted by Gasteiger charge is 2.31. The van der Waals surface area contributed by atoms with Crippen molar-refractivity contribution in [2.75, 3.05) is 20.2 Å². The molecule has 0 saturated carbocycles. The van der Waals surface area contributed by atoms with Crippen molar-refractivity contribution >= 4 is 16.3 Å². The number of benzene rings is 1. The number of aromatic hydroxyl groups is 1. The number of methoxy groups -OCH3 is 1. The maximum atomic E-state index is 10.9. The predicted octanol–water partition coefficient (Wildman–Crippen LogP) is 3.63. The fraction of sp³-hybridized carbons (Fsp3) is 0.474. The second-order valence-corrected chi connectivity index (χ2v) is 8.05. The van der Waals surface area contributed by atoms with Crippen LogP contribution in [0.5, 0.6) is 11.6 Å². The second kappa shape index (κ2) is 6.89. The Labute approximate surface area is 157 Å². The van der Waals surface area contributed by atoms with E-state index in [0.717, 1.165) is 40.2 Å². The molecule has 0 amide bonds. The largest absolute Gasteiger partial charge is 0.497 e. The first-order chi connectivity index (χ1) is 12.6. The number of hydrogen-bond acceptors (Lipinski definition) is 6. The molecule has 1 aliphatic heterocycles. The quantitative estimate of drug-likeness (QED) is 0.758. The fourth-order valence-electron chi connectivity index (χ4n) is 3.65. The lowest BCUT2D eigenvalue weighted by Crippen LogP contribution is -2.36. The van der Waals surface area contributed by atoms with E-state index in [1.165, 1.54) is 24.2 Å². The van der Waals surface area contributed by atoms with Gasteiger partial charge in [0.1, 0.15) is 11.6 Å². The zero-order valence-electron chi connectivity index (χ0n) is 15.3. The van der Waals surface area contributed by atoms with Crippen LogP contribution in [0, 0.1) is 12.8 Å². The Morgan fingerprint density at radius 3 is 2.77 bits per heavy atom. The van der Waals surface area contributed by atoms with E-state index in [1.54, 1.807) is 11.6 Å². The zero-order valence-corrected chi connectivity index (χ0v) is 16.2. The summed E-state index contributed by atoms with van der Waals surface area (Å²) in [6.07, 6.45) is 2.34. The molecule has 1 aliphatic rings. The summed E-state index contributed by atoms with van der Waals surface area (Å²) in [4.78, 5) is 8.50. The maximum absolute atomic E-state index is 10.9. The minimum Gasteiger partial charge on any atom is -0.497 e. The van der Waals surface area contributed by atoms with Crippen molar-refractivity contribution in [3.8, 4) is 11.6 Å². The fourth-order valence-corrected chi connectivity index (χ4v) is 4.82. The van der Waals surface area contributed by atoms with Gasteiger partial charge in [-0.05, 0) is 56.5 Å². The number of nitrogens with zero attached hydrogens (tertiary/aromatic N) is 4. The molecule has 7 heteroatoms. The Hall–Kier alpha value is -2.12. The Morgan fingerprint density at radius 2 is 2.08 bits per heavy atom. The van der Waals surface area contributed by atoms with Gasteiger partial charge in [0.2, 0.25) is 10.8 Å². The summed E-state index contributed by atoms with van der Waals surface area (Å²) >= 11 is 1.51. The number of fused-ring (bicyclic) bond motifs is 1. The molecular formula is C19H24N4O2S. The van der Waals surface area contributed by atoms with Crippen molar-refractivity contribution in [1.82, 2.24) is 19.5 Å². The van der Waals surface area contributed by atoms with Crippen molar-refractivity contribution in [1.29, 1.82) is 0 Å². The van der Waals surface area contributed by atoms with Crippen molar-refractivity contribution in [3.63, 3.8) is 0 Å². The van der Waals surface area contributed by atoms with E-state index in [9.17, 15) is 5.11 Å². The van der Waals surface area contributed by atoms with Crippen LogP contribution in [0.15, 0.2) is 24.3 Å². The van der Waals surface area contributed by atoms with Crippen molar-refractivity contribution in [2.45, 2.75) is 32.7 Å². The average molecular weight is 372 g/mol. The van der Waals surface area contributed by atoms with E-state index >= 15 is 0 Å². The van der Waals surface area contributed by atoms with E-state index in [2.05, 4.69) is 34.0 Å². The minimum absolute atomic E-state index is 0.0218. The van der Waals surface area contributed by atoms with Crippen LogP contribution in [0.1, 0.15) is 42.1 Å². The SMILES string of the molecule is COc1cccc([C@@H](c2sc3nc(C)nn3c2O)N2CCC(C)CC2)c1. The van der Waals surface area contributed by atoms with Crippen LogP contribution in [0.2, 0.25) is 0 Å². The highest BCUT2D eigenvalue weighted by Crippen LogP contribution is 2.41. The summed E-state index contributed by atoms with van der Waals surface area (Å²) < 4.78 is 6.98. The smallest absolute Gasteiger partial charge is 0.230 e. The number of likely N-dealkylation sites (tertiary alicyclic amines) is 1. The summed E-state index contributed by atoms with van der Waals surface area (Å²) in [6, 6.07) is 8.10. The Kier molecular flexibility index (Phi) is 4.58. The van der Waals surface area contributed by atoms with Gasteiger partial charge in [-0.3, -0.25) is 4.90 Å². The number of piperidine rings is 1. The molecule has 1 saturated heterocycles. The number of ether oxygens (including phenoxy) is 1. The topological polar surface area (TPSA) is 62.9 Å². The molecule has 4 rings (SSSR count). The summed E-state index contributed by atoms with van der Waals surface area (Å²) in [6.45, 7) is 6.16. The molecule has 1 fully saturated rings. The van der Waals surface area contributed by atoms with Crippen LogP contribution in [0.3, 0.4) is 0 Å². The second-order valence-electron chi connectivity index (χ2n) is 7.04. The molecule has 6 nitrogen and oxygen atoms in total. The van der Waals surface area contributed by atoms with E-state index in [-0.39, 0.29) is 11.9 Å². The number of aromatic nitrogens is 3. The molecule has 0 radical (unpaired) electrons. The molecule has 0 aliphatic carbocycles. The van der Waals surface area contributed by atoms with Gasteiger partial charge in [0.05, 0.1) is 18.0 Å². The van der Waals surface area contributed by atoms with Crippen LogP contribution in [-0.4, -0.2) is 44.8 Å². The van der Waals surface area contributed by atoms with E-state index < -0.39 is 0 Å². The lowest BCUT2D eigenvalue weighted by atomic mass is 9.95. The lowest BCUT2D eigenvalue weighted by Gasteiger charge is -2.36. The molecule has 0 unspecified atom stereocenters. The summed E-state index contributed by atoms with van der Waals surface area (Å²) in [5, 5.41) is 15.2. The Bertz CT molecular complexity index is 912. The summed E-state index contributed by atoms with van der Waals surface area (Å²) in [5.74, 6) is 2.43. The van der Waals surface area contributed by atoms with Gasteiger partial charge < -0.3 is 9.84 Å². The van der Waals surface area contributed by atoms with Gasteiger partial charge in [0, 0.05) is 0 Å². The van der Waals surface area contributed by atoms with Gasteiger partial charge in [-0.1, -0.05) is 30.4 Å². The molecule has 2 aromatic heterocycles. The Morgan fingerprint density at radius 1 is 1.31 bits per heavy atom. The van der Waals surface area contributed by atoms with Crippen LogP contribution < -0.4 is 4.74 Å². The van der Waals surface area contributed by atoms with Gasteiger partial charge in [-0.15, -0.1) is 5.10 Å². The van der Waals surface area contributed by atoms with Gasteiger partial charge in [-0.25, -0.2) is 4.98 Å². The van der Waals surface area contributed by atoms with E-state index in [1.807, 2.05) is 19.1 Å². The minimum atomic E-state index is -0.0218. The number of rotatable bonds is 4. The molecule has 0 bridgehead atoms. The highest BCUT2D eigenvalue weighted by atomic mass is 32.1. The normalized spacial score (nSPS) is 17.7. The van der Waals surface area contributed by atoms with E-state index in [0.29, 0.717) is 5.82 Å². The van der Waals surface area contributed by atoms with E-state index in [4.69, 9.17) is 4.74 Å². The Balaban J connectivity index is 1.80. The first-order valence-electron chi connectivity index (χ1n) is 9.00. The van der Waals surface area contributed by atoms with Crippen LogP contribution in [0.25, 0.3) is 4.96 Å². The van der Waals surface area contributed by atoms with Crippen LogP contribution in [0.4, 0.5) is 0 Å². The molecule has 3 aromatic rings. The zero-order chi connectivity index (χ0) is 18.3. The molecule has 138 valence electrons. The molecule has 3 heterocycles. The molecule has 1 aromatic carbocycles. The van der Waals surface area contributed by atoms with Crippen LogP contribution in [-0.2, 0) is 0 Å². The van der Waals surface area contributed by atoms with Gasteiger partial charge in [0.25, 0.3) is 0 Å². The van der Waals surface area contributed by atoms with Gasteiger partial charge in [0.15, 0.2) is 0 Å². The van der Waals surface area contributed by atoms with Crippen molar-refractivity contribution in [2.24, 2.45) is 5.92 Å². The number of aryl methyl sites for hydroxylation is 1. The lowest BCUT2D eigenvalue weighted by molar-refractivity contribution is 0.157. The predicted molar refractivity (Wildman–Crippen MR) is 102 cm³/mol. The standard InChI is InChI=1S/C19H24N4O2S/c1-12-7-9-22(10-8-12)16(14-5-4-6-15(11-14)25-3)17-18(24)23-19(26-17)20-13(2)21-23/h4-6,11-12,16,24H,7-10H2,1-3H3/t16-/m0/s1. The summed E-state index contributed by atoms with van der Waals surface area (Å²) in [7, 11) is 1.68. The monoisotopic (exact) mass is 372 g/mol. The first kappa shape index (κ1) is 17.3. The van der Waals surface area contributed by atoms with Crippen LogP contribution >= 0.6 is 11.3 Å². The number of thiazole rings is 1. The molecule has 26 heavy (non-hydrogen) atoms. The third-order valence-corrected chi connectivity index (χ3v) is 6.22. The highest BCUT2D eigenvalue weighted by molar-refractivity contribution is 7.17. The average Bonchev–Trinajstić information content (AvgIpc) is 3.15. The first-order valence-corrected chi connectivity index (χ1v) is 9.81. The third-order valence-electron chi connectivity index (χ3n) is 5.15. The van der Waals surface area contributed by atoms with Gasteiger partial charge in [-0.2, -0.15) is 4.52 Å². The number of hydrogen-bond donors (Lipinski definition) is 1. The third kappa shape index (κ3) is 3.05. The van der Waals surface area contributed by atoms with Crippen molar-refractivity contribution < 1.29 is 9.84 Å². The maximum Gasteiger partial charge on any atom is 0.230 e. The molecule has 0 spiro atoms. The summed E-state index contributed by atoms with van der Waals surface area (Å²) in [5.41, 5.74) is 1.12.